The van der Waals surface area contributed by atoms with Crippen molar-refractivity contribution in [3.05, 3.63) is 75.8 Å². The monoisotopic (exact) mass is 383 g/mol. The van der Waals surface area contributed by atoms with Gasteiger partial charge in [-0.1, -0.05) is 55.8 Å². The molecule has 2 aromatic carbocycles. The molecule has 0 aliphatic rings. The van der Waals surface area contributed by atoms with Crippen LogP contribution in [0.4, 0.5) is 0 Å². The summed E-state index contributed by atoms with van der Waals surface area (Å²) >= 11 is 5.98. The number of aromatic nitrogens is 2. The van der Waals surface area contributed by atoms with Crippen molar-refractivity contribution in [3.63, 3.8) is 0 Å². The average molecular weight is 384 g/mol. The summed E-state index contributed by atoms with van der Waals surface area (Å²) < 4.78 is 1.31. The highest BCUT2D eigenvalue weighted by Crippen LogP contribution is 2.21. The predicted octanol–water partition coefficient (Wildman–Crippen LogP) is 3.95. The molecule has 0 bridgehead atoms. The second-order valence-corrected chi connectivity index (χ2v) is 7.44. The maximum absolute atomic E-state index is 12.6. The summed E-state index contributed by atoms with van der Waals surface area (Å²) in [7, 11) is 0. The third-order valence-corrected chi connectivity index (χ3v) is 4.58. The van der Waals surface area contributed by atoms with E-state index in [1.165, 1.54) is 10.9 Å². The fraction of sp³-hybridized carbons (Fsp3) is 0.286. The molecule has 0 saturated heterocycles. The predicted molar refractivity (Wildman–Crippen MR) is 108 cm³/mol. The van der Waals surface area contributed by atoms with Crippen molar-refractivity contribution < 1.29 is 4.79 Å². The van der Waals surface area contributed by atoms with Crippen LogP contribution in [0.5, 0.6) is 0 Å². The zero-order valence-electron chi connectivity index (χ0n) is 15.4. The van der Waals surface area contributed by atoms with Crippen LogP contribution in [0.1, 0.15) is 31.9 Å². The molecule has 0 aliphatic heterocycles. The molecule has 140 valence electrons. The minimum Gasteiger partial charge on any atom is -0.348 e. The van der Waals surface area contributed by atoms with Crippen LogP contribution in [0.15, 0.2) is 59.7 Å². The van der Waals surface area contributed by atoms with E-state index in [9.17, 15) is 9.59 Å². The van der Waals surface area contributed by atoms with Gasteiger partial charge >= 0.3 is 0 Å². The van der Waals surface area contributed by atoms with Gasteiger partial charge in [-0.3, -0.25) is 14.2 Å². The van der Waals surface area contributed by atoms with Crippen molar-refractivity contribution in [2.45, 2.75) is 32.9 Å². The van der Waals surface area contributed by atoms with Crippen LogP contribution < -0.4 is 10.9 Å². The second kappa shape index (κ2) is 8.35. The number of benzene rings is 2. The Kier molecular flexibility index (Phi) is 5.91. The van der Waals surface area contributed by atoms with E-state index in [-0.39, 0.29) is 24.1 Å². The molecular weight excluding hydrogens is 362 g/mol. The van der Waals surface area contributed by atoms with Crippen LogP contribution in [-0.2, 0) is 11.3 Å². The normalized spacial score (nSPS) is 12.3. The minimum absolute atomic E-state index is 0.0876. The van der Waals surface area contributed by atoms with Gasteiger partial charge in [-0.05, 0) is 36.1 Å². The number of nitrogens with zero attached hydrogens (tertiary/aromatic N) is 2. The van der Waals surface area contributed by atoms with Crippen molar-refractivity contribution in [2.24, 2.45) is 5.92 Å². The Morgan fingerprint density at radius 1 is 1.19 bits per heavy atom. The third-order valence-electron chi connectivity index (χ3n) is 4.34. The molecule has 5 nitrogen and oxygen atoms in total. The number of carbonyl (C=O) groups excluding carboxylic acids is 1. The second-order valence-electron chi connectivity index (χ2n) is 7.00. The molecule has 1 N–H and O–H groups in total. The topological polar surface area (TPSA) is 64.0 Å². The first-order chi connectivity index (χ1) is 12.9. The molecule has 3 rings (SSSR count). The molecule has 0 radical (unpaired) electrons. The van der Waals surface area contributed by atoms with Gasteiger partial charge in [-0.15, -0.1) is 0 Å². The molecule has 3 aromatic rings. The van der Waals surface area contributed by atoms with E-state index in [1.54, 1.807) is 18.2 Å². The lowest BCUT2D eigenvalue weighted by atomic mass is 9.97. The highest BCUT2D eigenvalue weighted by Gasteiger charge is 2.17. The van der Waals surface area contributed by atoms with Gasteiger partial charge < -0.3 is 5.32 Å². The van der Waals surface area contributed by atoms with Crippen LogP contribution in [-0.4, -0.2) is 15.5 Å². The molecule has 0 saturated carbocycles. The summed E-state index contributed by atoms with van der Waals surface area (Å²) in [4.78, 5) is 29.5. The molecule has 1 unspecified atom stereocenters. The number of hydrogen-bond acceptors (Lipinski definition) is 3. The van der Waals surface area contributed by atoms with E-state index in [4.69, 9.17) is 11.6 Å². The van der Waals surface area contributed by atoms with Crippen molar-refractivity contribution in [2.75, 3.05) is 0 Å². The SMILES string of the molecule is CC(C)CC(NC(=O)Cn1cnc2ccc(Cl)cc2c1=O)c1ccccc1. The van der Waals surface area contributed by atoms with Crippen molar-refractivity contribution in [3.8, 4) is 0 Å². The van der Waals surface area contributed by atoms with Crippen LogP contribution in [0, 0.1) is 5.92 Å². The van der Waals surface area contributed by atoms with Gasteiger partial charge in [0.05, 0.1) is 23.3 Å². The lowest BCUT2D eigenvalue weighted by Gasteiger charge is -2.21. The van der Waals surface area contributed by atoms with E-state index in [2.05, 4.69) is 24.1 Å². The van der Waals surface area contributed by atoms with E-state index in [0.29, 0.717) is 21.8 Å². The van der Waals surface area contributed by atoms with E-state index in [1.807, 2.05) is 30.3 Å². The molecule has 1 aromatic heterocycles. The van der Waals surface area contributed by atoms with Crippen LogP contribution in [0.3, 0.4) is 0 Å². The van der Waals surface area contributed by atoms with Gasteiger partial charge in [0.2, 0.25) is 5.91 Å². The van der Waals surface area contributed by atoms with Crippen LogP contribution in [0.25, 0.3) is 10.9 Å². The largest absolute Gasteiger partial charge is 0.348 e. The average Bonchev–Trinajstić information content (AvgIpc) is 2.64. The Balaban J connectivity index is 1.81. The zero-order chi connectivity index (χ0) is 19.4. The highest BCUT2D eigenvalue weighted by molar-refractivity contribution is 6.31. The van der Waals surface area contributed by atoms with Gasteiger partial charge in [0.25, 0.3) is 5.56 Å². The summed E-state index contributed by atoms with van der Waals surface area (Å²) in [5.74, 6) is 0.192. The molecule has 27 heavy (non-hydrogen) atoms. The van der Waals surface area contributed by atoms with Gasteiger partial charge in [-0.25, -0.2) is 4.98 Å². The number of carbonyl (C=O) groups is 1. The third kappa shape index (κ3) is 4.74. The standard InChI is InChI=1S/C21H22ClN3O2/c1-14(2)10-19(15-6-4-3-5-7-15)24-20(26)12-25-13-23-18-9-8-16(22)11-17(18)21(25)27/h3-9,11,13-14,19H,10,12H2,1-2H3,(H,24,26). The first kappa shape index (κ1) is 19.1. The van der Waals surface area contributed by atoms with Gasteiger partial charge in [0, 0.05) is 5.02 Å². The Hall–Kier alpha value is -2.66. The smallest absolute Gasteiger partial charge is 0.261 e. The number of halogens is 1. The summed E-state index contributed by atoms with van der Waals surface area (Å²) in [6.45, 7) is 4.14. The summed E-state index contributed by atoms with van der Waals surface area (Å²) in [6.07, 6.45) is 2.22. The quantitative estimate of drug-likeness (QED) is 0.700. The van der Waals surface area contributed by atoms with Gasteiger partial charge in [0.15, 0.2) is 0 Å². The fourth-order valence-corrected chi connectivity index (χ4v) is 3.25. The summed E-state index contributed by atoms with van der Waals surface area (Å²) in [5, 5.41) is 3.91. The van der Waals surface area contributed by atoms with Gasteiger partial charge in [0.1, 0.15) is 6.54 Å². The first-order valence-corrected chi connectivity index (χ1v) is 9.31. The number of amides is 1. The molecular formula is C21H22ClN3O2. The number of nitrogens with one attached hydrogen (secondary N) is 1. The van der Waals surface area contributed by atoms with Crippen LogP contribution in [0.2, 0.25) is 5.02 Å². The molecule has 6 heteroatoms. The first-order valence-electron chi connectivity index (χ1n) is 8.93. The van der Waals surface area contributed by atoms with E-state index >= 15 is 0 Å². The van der Waals surface area contributed by atoms with E-state index in [0.717, 1.165) is 12.0 Å². The molecule has 0 spiro atoms. The fourth-order valence-electron chi connectivity index (χ4n) is 3.07. The van der Waals surface area contributed by atoms with E-state index < -0.39 is 0 Å². The number of fused-ring (bicyclic) bond motifs is 1. The summed E-state index contributed by atoms with van der Waals surface area (Å²) in [5.41, 5.74) is 1.33. The number of hydrogen-bond donors (Lipinski definition) is 1. The van der Waals surface area contributed by atoms with Crippen molar-refractivity contribution in [1.29, 1.82) is 0 Å². The van der Waals surface area contributed by atoms with Crippen molar-refractivity contribution in [1.82, 2.24) is 14.9 Å². The van der Waals surface area contributed by atoms with Gasteiger partial charge in [-0.2, -0.15) is 0 Å². The molecule has 1 atom stereocenters. The Morgan fingerprint density at radius 2 is 1.93 bits per heavy atom. The lowest BCUT2D eigenvalue weighted by molar-refractivity contribution is -0.122. The Bertz CT molecular complexity index is 999. The molecule has 0 fully saturated rings. The number of rotatable bonds is 6. The van der Waals surface area contributed by atoms with Crippen molar-refractivity contribution >= 4 is 28.4 Å². The lowest BCUT2D eigenvalue weighted by Crippen LogP contribution is -2.35. The molecule has 1 heterocycles. The minimum atomic E-state index is -0.280. The molecule has 0 aliphatic carbocycles. The maximum Gasteiger partial charge on any atom is 0.261 e. The highest BCUT2D eigenvalue weighted by atomic mass is 35.5. The zero-order valence-corrected chi connectivity index (χ0v) is 16.1. The Morgan fingerprint density at radius 3 is 2.63 bits per heavy atom. The summed E-state index contributed by atoms with van der Waals surface area (Å²) in [6, 6.07) is 14.7. The van der Waals surface area contributed by atoms with Crippen LogP contribution >= 0.6 is 11.6 Å². The Labute approximate surface area is 163 Å². The molecule has 1 amide bonds. The maximum atomic E-state index is 12.6.